The van der Waals surface area contributed by atoms with Crippen LogP contribution in [0, 0.1) is 22.9 Å². The fraction of sp³-hybridized carbons (Fsp3) is 0.583. The first-order valence-electron chi connectivity index (χ1n) is 5.78. The molecular weight excluding hydrogens is 214 g/mol. The molecule has 0 unspecified atom stereocenters. The number of rotatable bonds is 5. The second-order valence-electron chi connectivity index (χ2n) is 3.73. The number of imidazole rings is 1. The summed E-state index contributed by atoms with van der Waals surface area (Å²) in [4.78, 5) is 0. The van der Waals surface area contributed by atoms with Gasteiger partial charge in [0.2, 0.25) is 6.33 Å². The summed E-state index contributed by atoms with van der Waals surface area (Å²) in [5.41, 5.74) is 0. The predicted molar refractivity (Wildman–Crippen MR) is 64.1 cm³/mol. The zero-order chi connectivity index (χ0) is 12.9. The van der Waals surface area contributed by atoms with Crippen molar-refractivity contribution in [2.24, 2.45) is 7.05 Å². The quantitative estimate of drug-likeness (QED) is 0.363. The average Bonchev–Trinajstić information content (AvgIpc) is 2.73. The van der Waals surface area contributed by atoms with Gasteiger partial charge in [0.25, 0.3) is 0 Å². The lowest BCUT2D eigenvalue weighted by Crippen LogP contribution is -2.23. The van der Waals surface area contributed by atoms with E-state index in [1.165, 1.54) is 44.6 Å². The number of nitrogens with one attached hydrogen (secondary N) is 1. The van der Waals surface area contributed by atoms with Gasteiger partial charge in [0.15, 0.2) is 12.4 Å². The smallest absolute Gasteiger partial charge is 0.240 e. The summed E-state index contributed by atoms with van der Waals surface area (Å²) in [7, 11) is 2.06. The number of hydrogen-bond acceptors (Lipinski definition) is 3. The molecule has 0 amide bonds. The van der Waals surface area contributed by atoms with Crippen LogP contribution in [0.15, 0.2) is 18.7 Å². The first-order valence-corrected chi connectivity index (χ1v) is 5.78. The summed E-state index contributed by atoms with van der Waals surface area (Å²) < 4.78 is 4.33. The Kier molecular flexibility index (Phi) is 9.26. The molecule has 0 aliphatic carbocycles. The third kappa shape index (κ3) is 8.95. The molecule has 0 fully saturated rings. The van der Waals surface area contributed by atoms with E-state index in [0.29, 0.717) is 0 Å². The lowest BCUT2D eigenvalue weighted by Gasteiger charge is -1.95. The van der Waals surface area contributed by atoms with Crippen molar-refractivity contribution in [3.63, 3.8) is 0 Å². The number of nitriles is 2. The van der Waals surface area contributed by atoms with Gasteiger partial charge in [-0.25, -0.2) is 14.5 Å². The van der Waals surface area contributed by atoms with Crippen molar-refractivity contribution in [2.45, 2.75) is 39.2 Å². The molecule has 0 saturated carbocycles. The molecule has 92 valence electrons. The van der Waals surface area contributed by atoms with Crippen molar-refractivity contribution in [3.8, 4) is 12.4 Å². The maximum atomic E-state index is 7.48. The van der Waals surface area contributed by atoms with Crippen LogP contribution in [0.25, 0.3) is 0 Å². The van der Waals surface area contributed by atoms with Gasteiger partial charge in [-0.3, -0.25) is 0 Å². The molecule has 1 N–H and O–H groups in total. The maximum Gasteiger partial charge on any atom is 0.243 e. The molecule has 0 aliphatic rings. The van der Waals surface area contributed by atoms with Gasteiger partial charge in [0.1, 0.15) is 12.4 Å². The number of hydrogen-bond donors (Lipinski definition) is 1. The van der Waals surface area contributed by atoms with Gasteiger partial charge in [-0.15, -0.1) is 0 Å². The molecule has 17 heavy (non-hydrogen) atoms. The largest absolute Gasteiger partial charge is 0.243 e. The number of aromatic nitrogens is 2. The molecule has 0 radical (unpaired) electrons. The van der Waals surface area contributed by atoms with Gasteiger partial charge < -0.3 is 0 Å². The summed E-state index contributed by atoms with van der Waals surface area (Å²) in [6.45, 7) is 3.41. The Bertz CT molecular complexity index is 357. The van der Waals surface area contributed by atoms with Crippen molar-refractivity contribution in [2.75, 3.05) is 0 Å². The minimum atomic E-state index is 1.17. The highest BCUT2D eigenvalue weighted by atomic mass is 15.1. The minimum Gasteiger partial charge on any atom is -0.240 e. The van der Waals surface area contributed by atoms with Gasteiger partial charge in [-0.1, -0.05) is 19.8 Å². The maximum absolute atomic E-state index is 7.48. The molecule has 0 atom stereocenters. The molecule has 5 nitrogen and oxygen atoms in total. The van der Waals surface area contributed by atoms with Crippen molar-refractivity contribution >= 4 is 0 Å². The Hall–Kier alpha value is -2.01. The van der Waals surface area contributed by atoms with E-state index in [4.69, 9.17) is 10.5 Å². The fourth-order valence-corrected chi connectivity index (χ4v) is 1.38. The lowest BCUT2D eigenvalue weighted by atomic mass is 10.2. The molecule has 0 aromatic carbocycles. The molecule has 5 heteroatoms. The highest BCUT2D eigenvalue weighted by molar-refractivity contribution is 4.77. The molecule has 0 saturated heterocycles. The molecule has 1 heterocycles. The monoisotopic (exact) mass is 234 g/mol. The van der Waals surface area contributed by atoms with Crippen LogP contribution in [0.4, 0.5) is 0 Å². The van der Waals surface area contributed by atoms with E-state index < -0.39 is 0 Å². The molecule has 1 rings (SSSR count). The van der Waals surface area contributed by atoms with Crippen molar-refractivity contribution in [1.29, 1.82) is 10.5 Å². The highest BCUT2D eigenvalue weighted by Gasteiger charge is 1.97. The number of unbranched alkanes of at least 4 members (excludes halogenated alkanes) is 3. The summed E-state index contributed by atoms with van der Waals surface area (Å²) in [5.74, 6) is 0. The zero-order valence-electron chi connectivity index (χ0n) is 10.6. The predicted octanol–water partition coefficient (Wildman–Crippen LogP) is 1.43. The van der Waals surface area contributed by atoms with Gasteiger partial charge in [-0.05, 0) is 12.8 Å². The van der Waals surface area contributed by atoms with E-state index >= 15 is 0 Å². The Morgan fingerprint density at radius 1 is 1.24 bits per heavy atom. The summed E-state index contributed by atoms with van der Waals surface area (Å²) in [6, 6.07) is 0. The molecule has 1 aromatic heterocycles. The molecule has 0 bridgehead atoms. The van der Waals surface area contributed by atoms with Gasteiger partial charge in [0.05, 0.1) is 13.6 Å². The summed E-state index contributed by atoms with van der Waals surface area (Å²) in [5, 5.41) is 16.7. The third-order valence-electron chi connectivity index (χ3n) is 2.21. The lowest BCUT2D eigenvalue weighted by molar-refractivity contribution is -0.671. The van der Waals surface area contributed by atoms with E-state index in [1.807, 2.05) is 0 Å². The number of aryl methyl sites for hydroxylation is 2. The van der Waals surface area contributed by atoms with E-state index in [-0.39, 0.29) is 0 Å². The summed E-state index contributed by atoms with van der Waals surface area (Å²) in [6.07, 6.45) is 14.5. The van der Waals surface area contributed by atoms with Crippen molar-refractivity contribution < 1.29 is 4.57 Å². The fourth-order valence-electron chi connectivity index (χ4n) is 1.38. The van der Waals surface area contributed by atoms with Gasteiger partial charge >= 0.3 is 0 Å². The van der Waals surface area contributed by atoms with E-state index in [9.17, 15) is 0 Å². The second kappa shape index (κ2) is 10.5. The zero-order valence-corrected chi connectivity index (χ0v) is 10.6. The first kappa shape index (κ1) is 15.0. The van der Waals surface area contributed by atoms with Crippen LogP contribution in [-0.4, -0.2) is 4.57 Å². The minimum absolute atomic E-state index is 1.17. The van der Waals surface area contributed by atoms with Crippen LogP contribution >= 0.6 is 0 Å². The topological polar surface area (TPSA) is 68.4 Å². The Labute approximate surface area is 103 Å². The van der Waals surface area contributed by atoms with Crippen molar-refractivity contribution in [3.05, 3.63) is 18.7 Å². The standard InChI is InChI=1S/C10H19N2.C2HN3/c1-3-4-5-6-7-12-9-8-11(2)10-12;3-1-5-2-4/h8-10H,3-7H2,1-2H3;5H/q+1;. The third-order valence-corrected chi connectivity index (χ3v) is 2.21. The Balaban J connectivity index is 0.000000437. The molecule has 0 spiro atoms. The Morgan fingerprint density at radius 3 is 2.35 bits per heavy atom. The molecular formula is C12H20N5+. The van der Waals surface area contributed by atoms with E-state index in [1.54, 1.807) is 5.32 Å². The van der Waals surface area contributed by atoms with Crippen LogP contribution in [0.2, 0.25) is 0 Å². The van der Waals surface area contributed by atoms with E-state index in [0.717, 1.165) is 0 Å². The SMILES string of the molecule is CCCCCCn1cc[n+](C)c1.N#CNC#N. The normalized spacial score (nSPS) is 8.47. The second-order valence-corrected chi connectivity index (χ2v) is 3.73. The molecule has 1 aromatic rings. The molecule has 0 aliphatic heterocycles. The van der Waals surface area contributed by atoms with Crippen LogP contribution in [0.3, 0.4) is 0 Å². The highest BCUT2D eigenvalue weighted by Crippen LogP contribution is 2.00. The van der Waals surface area contributed by atoms with Gasteiger partial charge in [0, 0.05) is 0 Å². The number of nitrogens with zero attached hydrogens (tertiary/aromatic N) is 4. The van der Waals surface area contributed by atoms with Crippen LogP contribution in [-0.2, 0) is 13.6 Å². The average molecular weight is 234 g/mol. The first-order chi connectivity index (χ1) is 8.24. The van der Waals surface area contributed by atoms with E-state index in [2.05, 4.69) is 41.8 Å². The summed E-state index contributed by atoms with van der Waals surface area (Å²) >= 11 is 0. The van der Waals surface area contributed by atoms with Crippen LogP contribution in [0.1, 0.15) is 32.6 Å². The van der Waals surface area contributed by atoms with Crippen LogP contribution in [0.5, 0.6) is 0 Å². The van der Waals surface area contributed by atoms with Crippen LogP contribution < -0.4 is 9.88 Å². The van der Waals surface area contributed by atoms with Gasteiger partial charge in [-0.2, -0.15) is 10.5 Å². The Morgan fingerprint density at radius 2 is 1.94 bits per heavy atom. The van der Waals surface area contributed by atoms with Crippen molar-refractivity contribution in [1.82, 2.24) is 9.88 Å².